The lowest BCUT2D eigenvalue weighted by Gasteiger charge is -2.48. The van der Waals surface area contributed by atoms with Gasteiger partial charge in [0.2, 0.25) is 0 Å². The highest BCUT2D eigenvalue weighted by Gasteiger charge is 2.33. The predicted octanol–water partition coefficient (Wildman–Crippen LogP) is 1.31. The zero-order valence-corrected chi connectivity index (χ0v) is 11.5. The standard InChI is InChI=1S/C14H17ClN4/c15-12-2-1-11(8-16)14(7-12)19-9-13(10-19)18-5-3-17-4-6-18/h1-2,7,13,17H,3-6,9-10H2. The Kier molecular flexibility index (Phi) is 3.61. The Hall–Kier alpha value is -1.28. The first-order valence-corrected chi connectivity index (χ1v) is 7.05. The van der Waals surface area contributed by atoms with E-state index in [1.165, 1.54) is 0 Å². The number of nitrogens with one attached hydrogen (secondary N) is 1. The SMILES string of the molecule is N#Cc1ccc(Cl)cc1N1CC(N2CCNCC2)C1. The van der Waals surface area contributed by atoms with E-state index in [-0.39, 0.29) is 0 Å². The van der Waals surface area contributed by atoms with Crippen molar-refractivity contribution in [1.29, 1.82) is 5.26 Å². The molecule has 2 fully saturated rings. The lowest BCUT2D eigenvalue weighted by Crippen LogP contribution is -2.63. The van der Waals surface area contributed by atoms with Crippen molar-refractivity contribution in [3.63, 3.8) is 0 Å². The number of anilines is 1. The minimum atomic E-state index is 0.618. The molecule has 0 aliphatic carbocycles. The van der Waals surface area contributed by atoms with Gasteiger partial charge in [0, 0.05) is 50.3 Å². The van der Waals surface area contributed by atoms with Gasteiger partial charge >= 0.3 is 0 Å². The summed E-state index contributed by atoms with van der Waals surface area (Å²) in [6.45, 7) is 6.40. The molecule has 2 saturated heterocycles. The smallest absolute Gasteiger partial charge is 0.101 e. The summed E-state index contributed by atoms with van der Waals surface area (Å²) in [6, 6.07) is 8.33. The molecule has 0 amide bonds. The van der Waals surface area contributed by atoms with Crippen LogP contribution >= 0.6 is 11.6 Å². The van der Waals surface area contributed by atoms with Crippen LogP contribution in [0.15, 0.2) is 18.2 Å². The first kappa shape index (κ1) is 12.7. The van der Waals surface area contributed by atoms with E-state index in [0.29, 0.717) is 16.6 Å². The molecule has 0 radical (unpaired) electrons. The van der Waals surface area contributed by atoms with Gasteiger partial charge in [-0.25, -0.2) is 0 Å². The van der Waals surface area contributed by atoms with E-state index >= 15 is 0 Å². The van der Waals surface area contributed by atoms with E-state index in [2.05, 4.69) is 21.2 Å². The summed E-state index contributed by atoms with van der Waals surface area (Å²) in [7, 11) is 0. The van der Waals surface area contributed by atoms with Gasteiger partial charge in [-0.05, 0) is 18.2 Å². The molecule has 0 unspecified atom stereocenters. The second kappa shape index (κ2) is 5.38. The average molecular weight is 277 g/mol. The number of nitrogens with zero attached hydrogens (tertiary/aromatic N) is 3. The predicted molar refractivity (Wildman–Crippen MR) is 76.6 cm³/mol. The highest BCUT2D eigenvalue weighted by atomic mass is 35.5. The molecule has 1 aromatic carbocycles. The van der Waals surface area contributed by atoms with Crippen LogP contribution in [0.2, 0.25) is 5.02 Å². The van der Waals surface area contributed by atoms with Crippen molar-refractivity contribution in [2.75, 3.05) is 44.2 Å². The zero-order valence-electron chi connectivity index (χ0n) is 10.8. The molecule has 2 aliphatic rings. The van der Waals surface area contributed by atoms with Gasteiger partial charge < -0.3 is 10.2 Å². The van der Waals surface area contributed by atoms with Crippen molar-refractivity contribution < 1.29 is 0 Å². The highest BCUT2D eigenvalue weighted by molar-refractivity contribution is 6.30. The van der Waals surface area contributed by atoms with E-state index in [1.807, 2.05) is 6.07 Å². The van der Waals surface area contributed by atoms with Crippen LogP contribution in [0.5, 0.6) is 0 Å². The summed E-state index contributed by atoms with van der Waals surface area (Å²) >= 11 is 6.03. The van der Waals surface area contributed by atoms with E-state index in [4.69, 9.17) is 16.9 Å². The number of piperazine rings is 1. The summed E-state index contributed by atoms with van der Waals surface area (Å²) in [5.74, 6) is 0. The molecule has 3 rings (SSSR count). The largest absolute Gasteiger partial charge is 0.367 e. The third-order valence-electron chi connectivity index (χ3n) is 3.95. The monoisotopic (exact) mass is 276 g/mol. The number of hydrogen-bond acceptors (Lipinski definition) is 4. The molecule has 5 heteroatoms. The van der Waals surface area contributed by atoms with Gasteiger partial charge in [0.25, 0.3) is 0 Å². The molecular weight excluding hydrogens is 260 g/mol. The van der Waals surface area contributed by atoms with Gasteiger partial charge in [0.05, 0.1) is 11.3 Å². The van der Waals surface area contributed by atoms with Crippen molar-refractivity contribution in [2.24, 2.45) is 0 Å². The maximum Gasteiger partial charge on any atom is 0.101 e. The van der Waals surface area contributed by atoms with Crippen molar-refractivity contribution in [1.82, 2.24) is 10.2 Å². The minimum Gasteiger partial charge on any atom is -0.367 e. The van der Waals surface area contributed by atoms with E-state index in [9.17, 15) is 0 Å². The lowest BCUT2D eigenvalue weighted by atomic mass is 10.0. The van der Waals surface area contributed by atoms with Crippen LogP contribution < -0.4 is 10.2 Å². The minimum absolute atomic E-state index is 0.618. The molecule has 100 valence electrons. The molecule has 0 spiro atoms. The number of benzene rings is 1. The van der Waals surface area contributed by atoms with E-state index < -0.39 is 0 Å². The third-order valence-corrected chi connectivity index (χ3v) is 4.19. The number of nitriles is 1. The summed E-state index contributed by atoms with van der Waals surface area (Å²) in [4.78, 5) is 4.78. The Balaban J connectivity index is 1.67. The summed E-state index contributed by atoms with van der Waals surface area (Å²) in [6.07, 6.45) is 0. The molecule has 1 aromatic rings. The van der Waals surface area contributed by atoms with E-state index in [1.54, 1.807) is 12.1 Å². The average Bonchev–Trinajstić information content (AvgIpc) is 2.39. The van der Waals surface area contributed by atoms with Crippen LogP contribution in [0.3, 0.4) is 0 Å². The fraction of sp³-hybridized carbons (Fsp3) is 0.500. The van der Waals surface area contributed by atoms with Crippen LogP contribution in [0.25, 0.3) is 0 Å². The fourth-order valence-corrected chi connectivity index (χ4v) is 2.96. The Morgan fingerprint density at radius 3 is 2.68 bits per heavy atom. The Labute approximate surface area is 118 Å². The van der Waals surface area contributed by atoms with Crippen LogP contribution in [-0.2, 0) is 0 Å². The van der Waals surface area contributed by atoms with Gasteiger partial charge in [-0.3, -0.25) is 4.90 Å². The third kappa shape index (κ3) is 2.55. The summed E-state index contributed by atoms with van der Waals surface area (Å²) in [5.41, 5.74) is 1.68. The molecule has 0 bridgehead atoms. The Bertz CT molecular complexity index is 499. The molecule has 4 nitrogen and oxygen atoms in total. The Morgan fingerprint density at radius 1 is 1.26 bits per heavy atom. The normalized spacial score (nSPS) is 20.9. The molecule has 0 aromatic heterocycles. The zero-order chi connectivity index (χ0) is 13.2. The number of rotatable bonds is 2. The summed E-state index contributed by atoms with van der Waals surface area (Å²) < 4.78 is 0. The molecule has 19 heavy (non-hydrogen) atoms. The van der Waals surface area contributed by atoms with Gasteiger partial charge in [-0.15, -0.1) is 0 Å². The number of halogens is 1. The van der Waals surface area contributed by atoms with Gasteiger partial charge in [0.15, 0.2) is 0 Å². The lowest BCUT2D eigenvalue weighted by molar-refractivity contribution is 0.147. The van der Waals surface area contributed by atoms with Crippen molar-refractivity contribution >= 4 is 17.3 Å². The molecule has 1 N–H and O–H groups in total. The fourth-order valence-electron chi connectivity index (χ4n) is 2.79. The number of hydrogen-bond donors (Lipinski definition) is 1. The van der Waals surface area contributed by atoms with Crippen molar-refractivity contribution in [3.05, 3.63) is 28.8 Å². The van der Waals surface area contributed by atoms with E-state index in [0.717, 1.165) is 45.0 Å². The molecular formula is C14H17ClN4. The second-order valence-corrected chi connectivity index (χ2v) is 5.55. The van der Waals surface area contributed by atoms with Crippen LogP contribution in [-0.4, -0.2) is 50.2 Å². The van der Waals surface area contributed by atoms with Crippen LogP contribution in [0.1, 0.15) is 5.56 Å². The van der Waals surface area contributed by atoms with Gasteiger partial charge in [-0.2, -0.15) is 5.26 Å². The van der Waals surface area contributed by atoms with Crippen LogP contribution in [0, 0.1) is 11.3 Å². The van der Waals surface area contributed by atoms with Crippen LogP contribution in [0.4, 0.5) is 5.69 Å². The molecule has 2 heterocycles. The summed E-state index contributed by atoms with van der Waals surface area (Å²) in [5, 5.41) is 13.2. The first-order chi connectivity index (χ1) is 9.28. The quantitative estimate of drug-likeness (QED) is 0.884. The molecule has 0 saturated carbocycles. The van der Waals surface area contributed by atoms with Crippen molar-refractivity contribution in [2.45, 2.75) is 6.04 Å². The second-order valence-electron chi connectivity index (χ2n) is 5.12. The molecule has 2 aliphatic heterocycles. The topological polar surface area (TPSA) is 42.3 Å². The maximum absolute atomic E-state index is 9.15. The first-order valence-electron chi connectivity index (χ1n) is 6.67. The Morgan fingerprint density at radius 2 is 2.00 bits per heavy atom. The van der Waals surface area contributed by atoms with Gasteiger partial charge in [-0.1, -0.05) is 11.6 Å². The maximum atomic E-state index is 9.15. The van der Waals surface area contributed by atoms with Gasteiger partial charge in [0.1, 0.15) is 6.07 Å². The van der Waals surface area contributed by atoms with Crippen molar-refractivity contribution in [3.8, 4) is 6.07 Å². The highest BCUT2D eigenvalue weighted by Crippen LogP contribution is 2.29. The molecule has 0 atom stereocenters.